The summed E-state index contributed by atoms with van der Waals surface area (Å²) in [5, 5.41) is 12.3. The van der Waals surface area contributed by atoms with Crippen LogP contribution in [0.3, 0.4) is 0 Å². The van der Waals surface area contributed by atoms with Crippen LogP contribution in [0.4, 0.5) is 5.69 Å². The third kappa shape index (κ3) is 4.52. The van der Waals surface area contributed by atoms with E-state index in [-0.39, 0.29) is 5.57 Å². The molecule has 0 saturated carbocycles. The minimum atomic E-state index is -0.501. The molecule has 0 heterocycles. The number of ether oxygens (including phenoxy) is 2. The summed E-state index contributed by atoms with van der Waals surface area (Å²) < 4.78 is 10.4. The van der Waals surface area contributed by atoms with Crippen LogP contribution >= 0.6 is 11.6 Å². The molecule has 2 aromatic rings. The summed E-state index contributed by atoms with van der Waals surface area (Å²) in [5.41, 5.74) is 2.13. The number of benzene rings is 2. The average molecular weight is 357 g/mol. The molecule has 1 N–H and O–H groups in total. The molecule has 128 valence electrons. The van der Waals surface area contributed by atoms with E-state index in [0.29, 0.717) is 27.8 Å². The zero-order valence-electron chi connectivity index (χ0n) is 14.1. The van der Waals surface area contributed by atoms with Gasteiger partial charge in [-0.3, -0.25) is 4.79 Å². The SMILES string of the molecule is COc1cc(/C=C(/C#N)C(=O)Nc2cccc(C)c2)cc(Cl)c1OC. The van der Waals surface area contributed by atoms with Gasteiger partial charge in [0.25, 0.3) is 5.91 Å². The summed E-state index contributed by atoms with van der Waals surface area (Å²) in [5.74, 6) is 0.306. The molecule has 0 aliphatic rings. The molecule has 0 saturated heterocycles. The second kappa shape index (κ2) is 8.22. The molecular formula is C19H17ClN2O3. The first-order chi connectivity index (χ1) is 12.0. The van der Waals surface area contributed by atoms with Crippen molar-refractivity contribution in [1.82, 2.24) is 0 Å². The first kappa shape index (κ1) is 18.4. The van der Waals surface area contributed by atoms with Gasteiger partial charge in [-0.2, -0.15) is 5.26 Å². The Morgan fingerprint density at radius 3 is 2.60 bits per heavy atom. The molecule has 0 aromatic heterocycles. The lowest BCUT2D eigenvalue weighted by molar-refractivity contribution is -0.112. The first-order valence-corrected chi connectivity index (χ1v) is 7.77. The van der Waals surface area contributed by atoms with Crippen molar-refractivity contribution < 1.29 is 14.3 Å². The van der Waals surface area contributed by atoms with Gasteiger partial charge in [0, 0.05) is 5.69 Å². The predicted octanol–water partition coefficient (Wildman–Crippen LogP) is 4.21. The molecule has 0 aliphatic carbocycles. The average Bonchev–Trinajstić information content (AvgIpc) is 2.58. The van der Waals surface area contributed by atoms with E-state index in [4.69, 9.17) is 21.1 Å². The van der Waals surface area contributed by atoms with Gasteiger partial charge >= 0.3 is 0 Å². The van der Waals surface area contributed by atoms with E-state index in [1.54, 1.807) is 18.2 Å². The van der Waals surface area contributed by atoms with Crippen LogP contribution in [-0.4, -0.2) is 20.1 Å². The predicted molar refractivity (Wildman–Crippen MR) is 98.0 cm³/mol. The lowest BCUT2D eigenvalue weighted by Crippen LogP contribution is -2.13. The summed E-state index contributed by atoms with van der Waals surface area (Å²) in [4.78, 5) is 12.3. The number of nitrogens with zero attached hydrogens (tertiary/aromatic N) is 1. The van der Waals surface area contributed by atoms with Crippen molar-refractivity contribution in [2.75, 3.05) is 19.5 Å². The highest BCUT2D eigenvalue weighted by Crippen LogP contribution is 2.36. The van der Waals surface area contributed by atoms with Crippen molar-refractivity contribution in [3.63, 3.8) is 0 Å². The molecule has 2 rings (SSSR count). The van der Waals surface area contributed by atoms with E-state index in [1.165, 1.54) is 20.3 Å². The zero-order chi connectivity index (χ0) is 18.4. The van der Waals surface area contributed by atoms with Crippen LogP contribution in [0.25, 0.3) is 6.08 Å². The summed E-state index contributed by atoms with van der Waals surface area (Å²) >= 11 is 6.15. The lowest BCUT2D eigenvalue weighted by Gasteiger charge is -2.10. The number of aryl methyl sites for hydroxylation is 1. The van der Waals surface area contributed by atoms with Crippen molar-refractivity contribution in [2.45, 2.75) is 6.92 Å². The number of methoxy groups -OCH3 is 2. The second-order valence-electron chi connectivity index (χ2n) is 5.23. The number of halogens is 1. The Balaban J connectivity index is 2.32. The molecule has 0 radical (unpaired) electrons. The van der Waals surface area contributed by atoms with Crippen LogP contribution in [0, 0.1) is 18.3 Å². The highest BCUT2D eigenvalue weighted by Gasteiger charge is 2.13. The number of nitrogens with one attached hydrogen (secondary N) is 1. The van der Waals surface area contributed by atoms with Crippen molar-refractivity contribution in [1.29, 1.82) is 5.26 Å². The summed E-state index contributed by atoms with van der Waals surface area (Å²) in [6, 6.07) is 12.5. The van der Waals surface area contributed by atoms with Gasteiger partial charge in [0.2, 0.25) is 0 Å². The molecule has 1 amide bonds. The Kier molecular flexibility index (Phi) is 6.04. The van der Waals surface area contributed by atoms with Gasteiger partial charge < -0.3 is 14.8 Å². The molecular weight excluding hydrogens is 340 g/mol. The molecule has 0 aliphatic heterocycles. The minimum absolute atomic E-state index is 0.0511. The van der Waals surface area contributed by atoms with E-state index in [1.807, 2.05) is 31.2 Å². The standard InChI is InChI=1S/C19H17ClN2O3/c1-12-5-4-6-15(7-12)22-19(23)14(11-21)8-13-9-16(20)18(25-3)17(10-13)24-2/h4-10H,1-3H3,(H,22,23)/b14-8-. The fourth-order valence-corrected chi connectivity index (χ4v) is 2.55. The van der Waals surface area contributed by atoms with E-state index in [2.05, 4.69) is 5.32 Å². The quantitative estimate of drug-likeness (QED) is 0.643. The van der Waals surface area contributed by atoms with Crippen LogP contribution in [0.1, 0.15) is 11.1 Å². The van der Waals surface area contributed by atoms with Gasteiger partial charge in [-0.25, -0.2) is 0 Å². The number of rotatable bonds is 5. The molecule has 0 unspecified atom stereocenters. The summed E-state index contributed by atoms with van der Waals surface area (Å²) in [6.45, 7) is 1.92. The Morgan fingerprint density at radius 2 is 2.00 bits per heavy atom. The zero-order valence-corrected chi connectivity index (χ0v) is 14.8. The maximum Gasteiger partial charge on any atom is 0.266 e. The minimum Gasteiger partial charge on any atom is -0.493 e. The van der Waals surface area contributed by atoms with Crippen molar-refractivity contribution in [3.8, 4) is 17.6 Å². The Hall–Kier alpha value is -2.97. The smallest absolute Gasteiger partial charge is 0.266 e. The van der Waals surface area contributed by atoms with Gasteiger partial charge in [-0.15, -0.1) is 0 Å². The number of carbonyl (C=O) groups is 1. The maximum absolute atomic E-state index is 12.3. The topological polar surface area (TPSA) is 71.3 Å². The van der Waals surface area contributed by atoms with E-state index >= 15 is 0 Å². The second-order valence-corrected chi connectivity index (χ2v) is 5.64. The molecule has 25 heavy (non-hydrogen) atoms. The molecule has 0 fully saturated rings. The monoisotopic (exact) mass is 356 g/mol. The van der Waals surface area contributed by atoms with Crippen LogP contribution in [-0.2, 0) is 4.79 Å². The molecule has 2 aromatic carbocycles. The third-order valence-corrected chi connectivity index (χ3v) is 3.69. The van der Waals surface area contributed by atoms with Crippen LogP contribution in [0.5, 0.6) is 11.5 Å². The normalized spacial score (nSPS) is 10.8. The molecule has 0 bridgehead atoms. The first-order valence-electron chi connectivity index (χ1n) is 7.39. The van der Waals surface area contributed by atoms with Crippen LogP contribution < -0.4 is 14.8 Å². The molecule has 0 spiro atoms. The van der Waals surface area contributed by atoms with Crippen molar-refractivity contribution in [3.05, 3.63) is 58.1 Å². The van der Waals surface area contributed by atoms with E-state index in [9.17, 15) is 10.1 Å². The van der Waals surface area contributed by atoms with Crippen LogP contribution in [0.2, 0.25) is 5.02 Å². The number of anilines is 1. The number of nitriles is 1. The van der Waals surface area contributed by atoms with Gasteiger partial charge in [0.05, 0.1) is 19.2 Å². The molecule has 0 atom stereocenters. The number of carbonyl (C=O) groups excluding carboxylic acids is 1. The fraction of sp³-hybridized carbons (Fsp3) is 0.158. The lowest BCUT2D eigenvalue weighted by atomic mass is 10.1. The highest BCUT2D eigenvalue weighted by atomic mass is 35.5. The van der Waals surface area contributed by atoms with Gasteiger partial charge in [0.15, 0.2) is 11.5 Å². The highest BCUT2D eigenvalue weighted by molar-refractivity contribution is 6.32. The van der Waals surface area contributed by atoms with E-state index < -0.39 is 5.91 Å². The van der Waals surface area contributed by atoms with Crippen LogP contribution in [0.15, 0.2) is 42.0 Å². The fourth-order valence-electron chi connectivity index (χ4n) is 2.26. The Labute approximate surface area is 151 Å². The van der Waals surface area contributed by atoms with Gasteiger partial charge in [0.1, 0.15) is 11.6 Å². The van der Waals surface area contributed by atoms with E-state index in [0.717, 1.165) is 5.56 Å². The molecule has 6 heteroatoms. The maximum atomic E-state index is 12.3. The number of amides is 1. The third-order valence-electron chi connectivity index (χ3n) is 3.41. The van der Waals surface area contributed by atoms with Gasteiger partial charge in [-0.05, 0) is 48.4 Å². The number of hydrogen-bond donors (Lipinski definition) is 1. The molecule has 5 nitrogen and oxygen atoms in total. The Bertz CT molecular complexity index is 869. The summed E-state index contributed by atoms with van der Waals surface area (Å²) in [7, 11) is 2.96. The van der Waals surface area contributed by atoms with Crippen molar-refractivity contribution in [2.24, 2.45) is 0 Å². The number of hydrogen-bond acceptors (Lipinski definition) is 4. The summed E-state index contributed by atoms with van der Waals surface area (Å²) in [6.07, 6.45) is 1.44. The van der Waals surface area contributed by atoms with Gasteiger partial charge in [-0.1, -0.05) is 23.7 Å². The van der Waals surface area contributed by atoms with Crippen molar-refractivity contribution >= 4 is 29.3 Å². The Morgan fingerprint density at radius 1 is 1.24 bits per heavy atom. The largest absolute Gasteiger partial charge is 0.493 e.